The number of aliphatic hydroxyl groups excluding tert-OH is 1. The number of para-hydroxylation sites is 1. The first kappa shape index (κ1) is 14.4. The fourth-order valence-electron chi connectivity index (χ4n) is 3.01. The first-order valence-electron chi connectivity index (χ1n) is 7.27. The van der Waals surface area contributed by atoms with Crippen LogP contribution in [0, 0.1) is 6.92 Å². The lowest BCUT2D eigenvalue weighted by molar-refractivity contribution is 0.0517. The Hall–Kier alpha value is -1.06. The molecule has 0 saturated heterocycles. The summed E-state index contributed by atoms with van der Waals surface area (Å²) in [5.74, 6) is 0.970. The van der Waals surface area contributed by atoms with Crippen LogP contribution in [0.2, 0.25) is 0 Å². The van der Waals surface area contributed by atoms with Crippen molar-refractivity contribution in [2.24, 2.45) is 0 Å². The molecule has 2 N–H and O–H groups in total. The van der Waals surface area contributed by atoms with E-state index in [1.54, 1.807) is 0 Å². The van der Waals surface area contributed by atoms with Gasteiger partial charge in [-0.15, -0.1) is 0 Å². The van der Waals surface area contributed by atoms with Crippen LogP contribution in [0.5, 0.6) is 5.75 Å². The molecule has 0 aromatic heterocycles. The summed E-state index contributed by atoms with van der Waals surface area (Å²) >= 11 is 0. The van der Waals surface area contributed by atoms with Gasteiger partial charge in [0, 0.05) is 12.0 Å². The molecule has 2 rings (SSSR count). The van der Waals surface area contributed by atoms with Gasteiger partial charge >= 0.3 is 0 Å². The molecule has 0 radical (unpaired) electrons. The first-order chi connectivity index (χ1) is 9.19. The maximum Gasteiger partial charge on any atom is 0.122 e. The van der Waals surface area contributed by atoms with E-state index < -0.39 is 0 Å². The quantitative estimate of drug-likeness (QED) is 0.858. The Morgan fingerprint density at radius 2 is 2.21 bits per heavy atom. The van der Waals surface area contributed by atoms with Crippen LogP contribution in [0.4, 0.5) is 0 Å². The van der Waals surface area contributed by atoms with Crippen molar-refractivity contribution in [2.45, 2.75) is 51.2 Å². The lowest BCUT2D eigenvalue weighted by Crippen LogP contribution is -2.53. The summed E-state index contributed by atoms with van der Waals surface area (Å²) in [6.07, 6.45) is 4.28. The minimum atomic E-state index is -0.152. The van der Waals surface area contributed by atoms with E-state index >= 15 is 0 Å². The van der Waals surface area contributed by atoms with Gasteiger partial charge in [-0.2, -0.15) is 0 Å². The molecule has 3 nitrogen and oxygen atoms in total. The van der Waals surface area contributed by atoms with Crippen LogP contribution >= 0.6 is 0 Å². The fourth-order valence-corrected chi connectivity index (χ4v) is 3.01. The summed E-state index contributed by atoms with van der Waals surface area (Å²) in [6.45, 7) is 5.23. The second-order valence-electron chi connectivity index (χ2n) is 5.57. The molecule has 2 atom stereocenters. The molecule has 1 aromatic carbocycles. The third-order valence-electron chi connectivity index (χ3n) is 4.04. The average Bonchev–Trinajstić information content (AvgIpc) is 2.42. The van der Waals surface area contributed by atoms with Crippen LogP contribution in [0.15, 0.2) is 24.3 Å². The van der Waals surface area contributed by atoms with E-state index in [9.17, 15) is 5.11 Å². The fraction of sp³-hybridized carbons (Fsp3) is 0.625. The number of aryl methyl sites for hydroxylation is 1. The van der Waals surface area contributed by atoms with Crippen molar-refractivity contribution in [1.29, 1.82) is 0 Å². The van der Waals surface area contributed by atoms with Crippen LogP contribution in [0.3, 0.4) is 0 Å². The van der Waals surface area contributed by atoms with Gasteiger partial charge in [0.1, 0.15) is 11.9 Å². The van der Waals surface area contributed by atoms with Crippen molar-refractivity contribution in [3.8, 4) is 5.75 Å². The molecule has 3 heteroatoms. The van der Waals surface area contributed by atoms with Gasteiger partial charge in [-0.05, 0) is 44.4 Å². The van der Waals surface area contributed by atoms with Gasteiger partial charge in [-0.3, -0.25) is 0 Å². The average molecular weight is 263 g/mol. The number of aliphatic hydroxyl groups is 1. The Labute approximate surface area is 116 Å². The van der Waals surface area contributed by atoms with Gasteiger partial charge in [0.05, 0.1) is 6.61 Å². The standard InChI is InChI=1S/C16H25NO2/c1-3-17-16(12-18)10-6-8-14(11-16)19-15-9-5-4-7-13(15)2/h4-5,7,9,14,17-18H,3,6,8,10-12H2,1-2H3. The maximum absolute atomic E-state index is 9.69. The van der Waals surface area contributed by atoms with Gasteiger partial charge in [0.2, 0.25) is 0 Å². The largest absolute Gasteiger partial charge is 0.490 e. The summed E-state index contributed by atoms with van der Waals surface area (Å²) in [4.78, 5) is 0. The molecule has 0 heterocycles. The predicted molar refractivity (Wildman–Crippen MR) is 77.6 cm³/mol. The van der Waals surface area contributed by atoms with E-state index in [1.807, 2.05) is 18.2 Å². The summed E-state index contributed by atoms with van der Waals surface area (Å²) in [7, 11) is 0. The monoisotopic (exact) mass is 263 g/mol. The van der Waals surface area contributed by atoms with Gasteiger partial charge in [-0.1, -0.05) is 25.1 Å². The molecule has 1 aromatic rings. The maximum atomic E-state index is 9.69. The molecule has 0 aliphatic heterocycles. The van der Waals surface area contributed by atoms with E-state index in [4.69, 9.17) is 4.74 Å². The van der Waals surface area contributed by atoms with Gasteiger partial charge in [0.15, 0.2) is 0 Å². The topological polar surface area (TPSA) is 41.5 Å². The number of hydrogen-bond acceptors (Lipinski definition) is 3. The molecule has 1 aliphatic rings. The van der Waals surface area contributed by atoms with E-state index in [2.05, 4.69) is 25.2 Å². The van der Waals surface area contributed by atoms with Crippen LogP contribution in [-0.4, -0.2) is 29.9 Å². The van der Waals surface area contributed by atoms with Gasteiger partial charge in [0.25, 0.3) is 0 Å². The first-order valence-corrected chi connectivity index (χ1v) is 7.27. The Kier molecular flexibility index (Phi) is 4.83. The van der Waals surface area contributed by atoms with Crippen molar-refractivity contribution < 1.29 is 9.84 Å². The third-order valence-corrected chi connectivity index (χ3v) is 4.04. The number of benzene rings is 1. The Morgan fingerprint density at radius 1 is 1.42 bits per heavy atom. The van der Waals surface area contributed by atoms with Gasteiger partial charge < -0.3 is 15.2 Å². The predicted octanol–water partition coefficient (Wildman–Crippen LogP) is 2.66. The highest BCUT2D eigenvalue weighted by atomic mass is 16.5. The van der Waals surface area contributed by atoms with Crippen LogP contribution in [-0.2, 0) is 0 Å². The highest BCUT2D eigenvalue weighted by molar-refractivity contribution is 5.32. The van der Waals surface area contributed by atoms with E-state index in [1.165, 1.54) is 5.56 Å². The molecule has 1 saturated carbocycles. The summed E-state index contributed by atoms with van der Waals surface area (Å²) in [6, 6.07) is 8.13. The minimum Gasteiger partial charge on any atom is -0.490 e. The van der Waals surface area contributed by atoms with Crippen LogP contribution in [0.1, 0.15) is 38.2 Å². The van der Waals surface area contributed by atoms with E-state index in [0.717, 1.165) is 38.0 Å². The molecule has 19 heavy (non-hydrogen) atoms. The van der Waals surface area contributed by atoms with Crippen molar-refractivity contribution >= 4 is 0 Å². The molecule has 106 valence electrons. The smallest absolute Gasteiger partial charge is 0.122 e. The lowest BCUT2D eigenvalue weighted by Gasteiger charge is -2.40. The molecule has 0 spiro atoms. The Bertz CT molecular complexity index is 403. The number of hydrogen-bond donors (Lipinski definition) is 2. The van der Waals surface area contributed by atoms with Crippen molar-refractivity contribution in [2.75, 3.05) is 13.2 Å². The second kappa shape index (κ2) is 6.40. The molecule has 0 bridgehead atoms. The van der Waals surface area contributed by atoms with Gasteiger partial charge in [-0.25, -0.2) is 0 Å². The Balaban J connectivity index is 2.03. The lowest BCUT2D eigenvalue weighted by atomic mass is 9.80. The zero-order chi connectivity index (χ0) is 13.7. The number of rotatable bonds is 5. The number of likely N-dealkylation sites (N-methyl/N-ethyl adjacent to an activating group) is 1. The molecular weight excluding hydrogens is 238 g/mol. The zero-order valence-corrected chi connectivity index (χ0v) is 12.0. The van der Waals surface area contributed by atoms with Crippen molar-refractivity contribution in [1.82, 2.24) is 5.32 Å². The Morgan fingerprint density at radius 3 is 2.89 bits per heavy atom. The van der Waals surface area contributed by atoms with Crippen molar-refractivity contribution in [3.63, 3.8) is 0 Å². The summed E-state index contributed by atoms with van der Waals surface area (Å²) in [5, 5.41) is 13.1. The number of nitrogens with one attached hydrogen (secondary N) is 1. The normalized spacial score (nSPS) is 27.2. The summed E-state index contributed by atoms with van der Waals surface area (Å²) < 4.78 is 6.14. The molecular formula is C16H25NO2. The second-order valence-corrected chi connectivity index (χ2v) is 5.57. The molecule has 2 unspecified atom stereocenters. The van der Waals surface area contributed by atoms with E-state index in [0.29, 0.717) is 0 Å². The molecule has 1 aliphatic carbocycles. The van der Waals surface area contributed by atoms with E-state index in [-0.39, 0.29) is 18.2 Å². The summed E-state index contributed by atoms with van der Waals surface area (Å²) in [5.41, 5.74) is 1.02. The number of ether oxygens (including phenoxy) is 1. The highest BCUT2D eigenvalue weighted by Gasteiger charge is 2.36. The highest BCUT2D eigenvalue weighted by Crippen LogP contribution is 2.31. The third kappa shape index (κ3) is 3.48. The SMILES string of the molecule is CCNC1(CO)CCCC(Oc2ccccc2C)C1. The minimum absolute atomic E-state index is 0.152. The molecule has 0 amide bonds. The van der Waals surface area contributed by atoms with Crippen molar-refractivity contribution in [3.05, 3.63) is 29.8 Å². The van der Waals surface area contributed by atoms with Crippen LogP contribution < -0.4 is 10.1 Å². The van der Waals surface area contributed by atoms with Crippen LogP contribution in [0.25, 0.3) is 0 Å². The molecule has 1 fully saturated rings. The zero-order valence-electron chi connectivity index (χ0n) is 12.0.